The van der Waals surface area contributed by atoms with E-state index in [0.29, 0.717) is 12.1 Å². The van der Waals surface area contributed by atoms with E-state index in [1.165, 1.54) is 24.3 Å². The van der Waals surface area contributed by atoms with Gasteiger partial charge in [0.05, 0.1) is 4.90 Å². The van der Waals surface area contributed by atoms with Crippen LogP contribution < -0.4 is 10.0 Å². The monoisotopic (exact) mass is 412 g/mol. The molecule has 3 aromatic rings. The molecular weight excluding hydrogens is 391 g/mol. The molecule has 7 heteroatoms. The van der Waals surface area contributed by atoms with Gasteiger partial charge in [0.25, 0.3) is 15.9 Å². The number of sulfonamides is 1. The summed E-state index contributed by atoms with van der Waals surface area (Å²) in [4.78, 5) is 12.6. The molecule has 29 heavy (non-hydrogen) atoms. The first-order valence-electron chi connectivity index (χ1n) is 8.98. The van der Waals surface area contributed by atoms with Crippen LogP contribution in [0, 0.1) is 19.7 Å². The fourth-order valence-electron chi connectivity index (χ4n) is 2.82. The third-order valence-electron chi connectivity index (χ3n) is 4.56. The molecular formula is C22H21FN2O3S. The fraction of sp³-hybridized carbons (Fsp3) is 0.136. The summed E-state index contributed by atoms with van der Waals surface area (Å²) < 4.78 is 40.7. The van der Waals surface area contributed by atoms with Crippen LogP contribution in [0.2, 0.25) is 0 Å². The lowest BCUT2D eigenvalue weighted by Gasteiger charge is -2.12. The zero-order chi connectivity index (χ0) is 21.0. The molecule has 0 bridgehead atoms. The van der Waals surface area contributed by atoms with E-state index in [4.69, 9.17) is 0 Å². The van der Waals surface area contributed by atoms with Gasteiger partial charge in [-0.05, 0) is 66.9 Å². The van der Waals surface area contributed by atoms with Gasteiger partial charge in [0.2, 0.25) is 0 Å². The highest BCUT2D eigenvalue weighted by atomic mass is 32.2. The standard InChI is InChI=1S/C22H21FN2O3S/c1-15-5-3-4-6-17(15)14-24-22(26)21-13-20(12-7-16(21)2)29(27,28)25-19-10-8-18(23)9-11-19/h3-13,25H,14H2,1-2H3,(H,24,26). The highest BCUT2D eigenvalue weighted by Gasteiger charge is 2.18. The molecule has 0 fully saturated rings. The van der Waals surface area contributed by atoms with Gasteiger partial charge < -0.3 is 5.32 Å². The van der Waals surface area contributed by atoms with Crippen LogP contribution in [0.4, 0.5) is 10.1 Å². The van der Waals surface area contributed by atoms with E-state index in [0.717, 1.165) is 23.3 Å². The molecule has 0 heterocycles. The van der Waals surface area contributed by atoms with Crippen LogP contribution >= 0.6 is 0 Å². The first kappa shape index (κ1) is 20.5. The van der Waals surface area contributed by atoms with Gasteiger partial charge in [-0.1, -0.05) is 30.3 Å². The van der Waals surface area contributed by atoms with Crippen molar-refractivity contribution in [2.24, 2.45) is 0 Å². The Morgan fingerprint density at radius 2 is 1.62 bits per heavy atom. The van der Waals surface area contributed by atoms with Crippen LogP contribution in [-0.2, 0) is 16.6 Å². The minimum absolute atomic E-state index is 0.0477. The van der Waals surface area contributed by atoms with Crippen molar-refractivity contribution in [2.45, 2.75) is 25.3 Å². The predicted molar refractivity (Wildman–Crippen MR) is 111 cm³/mol. The maximum atomic E-state index is 13.0. The van der Waals surface area contributed by atoms with Gasteiger partial charge in [0.15, 0.2) is 0 Å². The number of hydrogen-bond acceptors (Lipinski definition) is 3. The Balaban J connectivity index is 1.80. The average Bonchev–Trinajstić information content (AvgIpc) is 2.69. The summed E-state index contributed by atoms with van der Waals surface area (Å²) in [6.45, 7) is 4.04. The molecule has 150 valence electrons. The lowest BCUT2D eigenvalue weighted by atomic mass is 10.1. The van der Waals surface area contributed by atoms with E-state index < -0.39 is 15.8 Å². The molecule has 3 aromatic carbocycles. The largest absolute Gasteiger partial charge is 0.348 e. The van der Waals surface area contributed by atoms with Crippen LogP contribution in [0.5, 0.6) is 0 Å². The molecule has 0 saturated heterocycles. The number of benzene rings is 3. The molecule has 0 saturated carbocycles. The third-order valence-corrected chi connectivity index (χ3v) is 5.94. The number of halogens is 1. The minimum atomic E-state index is -3.93. The van der Waals surface area contributed by atoms with Gasteiger partial charge in [0, 0.05) is 17.8 Å². The van der Waals surface area contributed by atoms with Crippen molar-refractivity contribution in [3.63, 3.8) is 0 Å². The van der Waals surface area contributed by atoms with Gasteiger partial charge in [-0.3, -0.25) is 9.52 Å². The molecule has 0 radical (unpaired) electrons. The van der Waals surface area contributed by atoms with Crippen LogP contribution in [0.25, 0.3) is 0 Å². The van der Waals surface area contributed by atoms with Crippen LogP contribution in [0.15, 0.2) is 71.6 Å². The van der Waals surface area contributed by atoms with Crippen molar-refractivity contribution in [3.05, 3.63) is 94.8 Å². The molecule has 0 atom stereocenters. The highest BCUT2D eigenvalue weighted by molar-refractivity contribution is 7.92. The quantitative estimate of drug-likeness (QED) is 0.638. The molecule has 5 nitrogen and oxygen atoms in total. The molecule has 1 amide bonds. The Hall–Kier alpha value is -3.19. The first-order valence-corrected chi connectivity index (χ1v) is 10.5. The molecule has 0 aliphatic rings. The van der Waals surface area contributed by atoms with Gasteiger partial charge in [0.1, 0.15) is 5.82 Å². The lowest BCUT2D eigenvalue weighted by Crippen LogP contribution is -2.24. The molecule has 0 aliphatic heterocycles. The molecule has 0 aromatic heterocycles. The number of rotatable bonds is 6. The summed E-state index contributed by atoms with van der Waals surface area (Å²) in [6.07, 6.45) is 0. The Morgan fingerprint density at radius 1 is 0.931 bits per heavy atom. The van der Waals surface area contributed by atoms with Gasteiger partial charge >= 0.3 is 0 Å². The minimum Gasteiger partial charge on any atom is -0.348 e. The molecule has 0 spiro atoms. The summed E-state index contributed by atoms with van der Waals surface area (Å²) in [5, 5.41) is 2.84. The summed E-state index contributed by atoms with van der Waals surface area (Å²) in [5.41, 5.74) is 3.22. The zero-order valence-electron chi connectivity index (χ0n) is 16.1. The SMILES string of the molecule is Cc1ccccc1CNC(=O)c1cc(S(=O)(=O)Nc2ccc(F)cc2)ccc1C. The Morgan fingerprint density at radius 3 is 2.31 bits per heavy atom. The van der Waals surface area contributed by atoms with Gasteiger partial charge in [-0.25, -0.2) is 12.8 Å². The smallest absolute Gasteiger partial charge is 0.261 e. The van der Waals surface area contributed by atoms with Crippen molar-refractivity contribution in [2.75, 3.05) is 4.72 Å². The van der Waals surface area contributed by atoms with Crippen molar-refractivity contribution in [1.82, 2.24) is 5.32 Å². The van der Waals surface area contributed by atoms with E-state index in [9.17, 15) is 17.6 Å². The highest BCUT2D eigenvalue weighted by Crippen LogP contribution is 2.20. The number of nitrogens with one attached hydrogen (secondary N) is 2. The summed E-state index contributed by atoms with van der Waals surface area (Å²) in [5.74, 6) is -0.819. The lowest BCUT2D eigenvalue weighted by molar-refractivity contribution is 0.0950. The number of carbonyl (C=O) groups excluding carboxylic acids is 1. The van der Waals surface area contributed by atoms with E-state index in [2.05, 4.69) is 10.0 Å². The van der Waals surface area contributed by atoms with E-state index in [-0.39, 0.29) is 22.1 Å². The Bertz CT molecular complexity index is 1140. The number of amides is 1. The predicted octanol–water partition coefficient (Wildman–Crippen LogP) is 4.17. The second-order valence-electron chi connectivity index (χ2n) is 6.70. The van der Waals surface area contributed by atoms with E-state index in [1.54, 1.807) is 13.0 Å². The maximum Gasteiger partial charge on any atom is 0.261 e. The molecule has 3 rings (SSSR count). The Kier molecular flexibility index (Phi) is 5.98. The number of hydrogen-bond donors (Lipinski definition) is 2. The fourth-order valence-corrected chi connectivity index (χ4v) is 3.91. The normalized spacial score (nSPS) is 11.1. The second-order valence-corrected chi connectivity index (χ2v) is 8.38. The van der Waals surface area contributed by atoms with Crippen LogP contribution in [0.3, 0.4) is 0 Å². The maximum absolute atomic E-state index is 13.0. The van der Waals surface area contributed by atoms with Crippen molar-refractivity contribution >= 4 is 21.6 Å². The van der Waals surface area contributed by atoms with Crippen molar-refractivity contribution in [1.29, 1.82) is 0 Å². The first-order chi connectivity index (χ1) is 13.8. The summed E-state index contributed by atoms with van der Waals surface area (Å²) >= 11 is 0. The number of aryl methyl sites for hydroxylation is 2. The van der Waals surface area contributed by atoms with E-state index in [1.807, 2.05) is 31.2 Å². The molecule has 0 aliphatic carbocycles. The third kappa shape index (κ3) is 5.00. The number of anilines is 1. The molecule has 0 unspecified atom stereocenters. The van der Waals surface area contributed by atoms with Crippen LogP contribution in [0.1, 0.15) is 27.0 Å². The van der Waals surface area contributed by atoms with Gasteiger partial charge in [-0.2, -0.15) is 0 Å². The van der Waals surface area contributed by atoms with E-state index >= 15 is 0 Å². The summed E-state index contributed by atoms with van der Waals surface area (Å²) in [7, 11) is -3.93. The van der Waals surface area contributed by atoms with Crippen molar-refractivity contribution < 1.29 is 17.6 Å². The topological polar surface area (TPSA) is 75.3 Å². The zero-order valence-corrected chi connectivity index (χ0v) is 16.9. The van der Waals surface area contributed by atoms with Crippen molar-refractivity contribution in [3.8, 4) is 0 Å². The Labute approximate surface area is 169 Å². The average molecular weight is 412 g/mol. The number of carbonyl (C=O) groups is 1. The molecule has 2 N–H and O–H groups in total. The second kappa shape index (κ2) is 8.45. The summed E-state index contributed by atoms with van der Waals surface area (Å²) in [6, 6.07) is 17.1. The van der Waals surface area contributed by atoms with Gasteiger partial charge in [-0.15, -0.1) is 0 Å². The van der Waals surface area contributed by atoms with Crippen LogP contribution in [-0.4, -0.2) is 14.3 Å².